The Kier molecular flexibility index (Phi) is 7.09. The lowest BCUT2D eigenvalue weighted by atomic mass is 9.86. The molecular weight excluding hydrogens is 356 g/mol. The summed E-state index contributed by atoms with van der Waals surface area (Å²) in [6, 6.07) is 21.2. The van der Waals surface area contributed by atoms with Gasteiger partial charge in [-0.15, -0.1) is 0 Å². The molecule has 1 saturated carbocycles. The van der Waals surface area contributed by atoms with E-state index in [0.717, 1.165) is 25.7 Å². The molecule has 0 aromatic heterocycles. The van der Waals surface area contributed by atoms with E-state index >= 15 is 0 Å². The first-order valence-electron chi connectivity index (χ1n) is 10.7. The molecule has 1 aliphatic rings. The van der Waals surface area contributed by atoms with E-state index in [0.29, 0.717) is 0 Å². The van der Waals surface area contributed by atoms with Crippen molar-refractivity contribution in [1.82, 2.24) is 0 Å². The van der Waals surface area contributed by atoms with E-state index < -0.39 is 8.07 Å². The Balaban J connectivity index is 1.92. The van der Waals surface area contributed by atoms with Crippen LogP contribution in [0.15, 0.2) is 77.0 Å². The van der Waals surface area contributed by atoms with E-state index in [4.69, 9.17) is 0 Å². The van der Waals surface area contributed by atoms with Crippen molar-refractivity contribution in [2.24, 2.45) is 0 Å². The maximum absolute atomic E-state index is 11.3. The zero-order chi connectivity index (χ0) is 20.0. The second-order valence-electron chi connectivity index (χ2n) is 8.97. The number of hydrogen-bond donors (Lipinski definition) is 1. The zero-order valence-corrected chi connectivity index (χ0v) is 18.6. The van der Waals surface area contributed by atoms with Crippen molar-refractivity contribution < 1.29 is 5.11 Å². The van der Waals surface area contributed by atoms with E-state index in [1.807, 2.05) is 0 Å². The van der Waals surface area contributed by atoms with Gasteiger partial charge in [0, 0.05) is 0 Å². The van der Waals surface area contributed by atoms with Crippen LogP contribution >= 0.6 is 0 Å². The summed E-state index contributed by atoms with van der Waals surface area (Å²) in [6.07, 6.45) is 8.50. The highest BCUT2D eigenvalue weighted by Gasteiger charge is 2.30. The Labute approximate surface area is 171 Å². The van der Waals surface area contributed by atoms with Crippen molar-refractivity contribution >= 4 is 14.1 Å². The lowest BCUT2D eigenvalue weighted by Gasteiger charge is -2.33. The average Bonchev–Trinajstić information content (AvgIpc) is 2.68. The molecule has 1 atom stereocenters. The van der Waals surface area contributed by atoms with Crippen LogP contribution in [0.25, 0.3) is 6.08 Å². The lowest BCUT2D eigenvalue weighted by Crippen LogP contribution is -2.35. The summed E-state index contributed by atoms with van der Waals surface area (Å²) in [4.78, 5) is 0. The van der Waals surface area contributed by atoms with Crippen molar-refractivity contribution in [2.45, 2.75) is 64.3 Å². The Morgan fingerprint density at radius 2 is 1.54 bits per heavy atom. The second-order valence-corrected chi connectivity index (χ2v) is 14.0. The number of hydrogen-bond acceptors (Lipinski definition) is 1. The van der Waals surface area contributed by atoms with Gasteiger partial charge in [0.2, 0.25) is 0 Å². The van der Waals surface area contributed by atoms with E-state index in [-0.39, 0.29) is 6.10 Å². The quantitative estimate of drug-likeness (QED) is 0.537. The molecule has 0 saturated heterocycles. The molecule has 0 spiro atoms. The molecule has 2 aromatic rings. The van der Waals surface area contributed by atoms with Crippen LogP contribution in [0.3, 0.4) is 0 Å². The molecule has 1 fully saturated rings. The molecule has 1 aliphatic carbocycles. The van der Waals surface area contributed by atoms with E-state index in [2.05, 4.69) is 86.4 Å². The van der Waals surface area contributed by atoms with Gasteiger partial charge in [-0.25, -0.2) is 0 Å². The minimum absolute atomic E-state index is 0.334. The van der Waals surface area contributed by atoms with Gasteiger partial charge >= 0.3 is 0 Å². The smallest absolute Gasteiger partial charge is 0.0761 e. The van der Waals surface area contributed by atoms with Crippen molar-refractivity contribution in [2.75, 3.05) is 0 Å². The molecule has 3 rings (SSSR count). The molecule has 0 aliphatic heterocycles. The number of rotatable bonds is 6. The third-order valence-electron chi connectivity index (χ3n) is 5.67. The van der Waals surface area contributed by atoms with E-state index in [1.54, 1.807) is 0 Å². The number of aryl methyl sites for hydroxylation is 1. The summed E-state index contributed by atoms with van der Waals surface area (Å²) in [5.74, 6) is 0. The van der Waals surface area contributed by atoms with Crippen molar-refractivity contribution in [1.29, 1.82) is 0 Å². The van der Waals surface area contributed by atoms with Gasteiger partial charge in [-0.3, -0.25) is 0 Å². The minimum atomic E-state index is -1.65. The third-order valence-corrected chi connectivity index (χ3v) is 7.92. The topological polar surface area (TPSA) is 20.2 Å². The molecule has 0 radical (unpaired) electrons. The summed E-state index contributed by atoms with van der Waals surface area (Å²) in [6.45, 7) is 7.15. The monoisotopic (exact) mass is 390 g/mol. The van der Waals surface area contributed by atoms with Crippen LogP contribution in [-0.4, -0.2) is 19.3 Å². The van der Waals surface area contributed by atoms with Crippen LogP contribution < -0.4 is 0 Å². The molecule has 0 amide bonds. The average molecular weight is 391 g/mol. The van der Waals surface area contributed by atoms with Gasteiger partial charge in [0.25, 0.3) is 0 Å². The van der Waals surface area contributed by atoms with E-state index in [1.165, 1.54) is 40.3 Å². The number of allylic oxidation sites excluding steroid dienone is 2. The van der Waals surface area contributed by atoms with Crippen LogP contribution in [0.1, 0.15) is 43.2 Å². The fraction of sp³-hybridized carbons (Fsp3) is 0.385. The molecule has 2 heteroatoms. The van der Waals surface area contributed by atoms with Crippen molar-refractivity contribution in [3.8, 4) is 0 Å². The maximum Gasteiger partial charge on any atom is 0.0761 e. The van der Waals surface area contributed by atoms with Crippen molar-refractivity contribution in [3.63, 3.8) is 0 Å². The highest BCUT2D eigenvalue weighted by molar-refractivity contribution is 6.83. The Morgan fingerprint density at radius 3 is 2.18 bits per heavy atom. The van der Waals surface area contributed by atoms with Gasteiger partial charge in [-0.2, -0.15) is 0 Å². The number of aliphatic hydroxyl groups excluding tert-OH is 1. The van der Waals surface area contributed by atoms with Crippen LogP contribution in [0.4, 0.5) is 0 Å². The highest BCUT2D eigenvalue weighted by Crippen LogP contribution is 2.37. The van der Waals surface area contributed by atoms with Gasteiger partial charge < -0.3 is 5.11 Å². The molecule has 28 heavy (non-hydrogen) atoms. The summed E-state index contributed by atoms with van der Waals surface area (Å²) >= 11 is 0. The van der Waals surface area contributed by atoms with E-state index in [9.17, 15) is 5.11 Å². The second kappa shape index (κ2) is 9.53. The maximum atomic E-state index is 11.3. The molecule has 148 valence electrons. The molecule has 1 unspecified atom stereocenters. The normalized spacial score (nSPS) is 19.5. The van der Waals surface area contributed by atoms with Crippen LogP contribution in [-0.2, 0) is 6.42 Å². The largest absolute Gasteiger partial charge is 0.389 e. The first-order valence-corrected chi connectivity index (χ1v) is 14.2. The Hall–Kier alpha value is -1.90. The predicted molar refractivity (Wildman–Crippen MR) is 124 cm³/mol. The third kappa shape index (κ3) is 5.56. The Morgan fingerprint density at radius 1 is 0.929 bits per heavy atom. The SMILES string of the molecule is C[Si](C)(C)/C(=C1\CCCC\C1=C/c1ccccc1)C(O)CCc1ccccc1. The first kappa shape index (κ1) is 20.8. The van der Waals surface area contributed by atoms with Gasteiger partial charge in [0.15, 0.2) is 0 Å². The number of aliphatic hydroxyl groups is 1. The van der Waals surface area contributed by atoms with Gasteiger partial charge in [0.1, 0.15) is 0 Å². The summed E-state index contributed by atoms with van der Waals surface area (Å²) in [5.41, 5.74) is 5.50. The highest BCUT2D eigenvalue weighted by atomic mass is 28.3. The van der Waals surface area contributed by atoms with Crippen LogP contribution in [0.2, 0.25) is 19.6 Å². The Bertz CT molecular complexity index is 813. The fourth-order valence-corrected chi connectivity index (χ4v) is 6.73. The molecular formula is C26H34OSi. The minimum Gasteiger partial charge on any atom is -0.389 e. The molecule has 1 N–H and O–H groups in total. The number of benzene rings is 2. The molecule has 0 heterocycles. The predicted octanol–water partition coefficient (Wildman–Crippen LogP) is 6.81. The fourth-order valence-electron chi connectivity index (χ4n) is 4.39. The van der Waals surface area contributed by atoms with Crippen LogP contribution in [0.5, 0.6) is 0 Å². The van der Waals surface area contributed by atoms with Crippen molar-refractivity contribution in [3.05, 3.63) is 88.1 Å². The first-order chi connectivity index (χ1) is 13.4. The van der Waals surface area contributed by atoms with Crippen LogP contribution in [0, 0.1) is 0 Å². The summed E-state index contributed by atoms with van der Waals surface area (Å²) in [5, 5.41) is 12.7. The van der Waals surface area contributed by atoms with Gasteiger partial charge in [-0.1, -0.05) is 91.6 Å². The summed E-state index contributed by atoms with van der Waals surface area (Å²) < 4.78 is 0. The lowest BCUT2D eigenvalue weighted by molar-refractivity contribution is 0.205. The van der Waals surface area contributed by atoms with Gasteiger partial charge in [-0.05, 0) is 60.8 Å². The van der Waals surface area contributed by atoms with Gasteiger partial charge in [0.05, 0.1) is 14.2 Å². The molecule has 1 nitrogen and oxygen atoms in total. The standard InChI is InChI=1S/C26H34OSi/c1-28(2,3)26(25(27)19-18-21-12-6-4-7-13-21)24-17-11-10-16-23(24)20-22-14-8-5-9-15-22/h4-9,12-15,20,25,27H,10-11,16-19H2,1-3H3/b23-20+,26-24+. The zero-order valence-electron chi connectivity index (χ0n) is 17.6. The molecule has 2 aromatic carbocycles. The summed E-state index contributed by atoms with van der Waals surface area (Å²) in [7, 11) is -1.65. The molecule has 0 bridgehead atoms.